The van der Waals surface area contributed by atoms with Gasteiger partial charge in [-0.05, 0) is 36.7 Å². The van der Waals surface area contributed by atoms with Crippen LogP contribution in [0.15, 0.2) is 35.9 Å². The molecule has 3 rings (SSSR count). The molecule has 1 heterocycles. The van der Waals surface area contributed by atoms with Gasteiger partial charge in [-0.15, -0.1) is 0 Å². The zero-order valence-corrected chi connectivity index (χ0v) is 16.1. The van der Waals surface area contributed by atoms with Crippen LogP contribution in [0.4, 0.5) is 0 Å². The van der Waals surface area contributed by atoms with Crippen molar-refractivity contribution in [2.24, 2.45) is 17.3 Å². The maximum atomic E-state index is 10.0. The zero-order chi connectivity index (χ0) is 20.3. The summed E-state index contributed by atoms with van der Waals surface area (Å²) in [5.41, 5.74) is -0.0724. The Hall–Kier alpha value is -3.14. The number of ether oxygens (including phenoxy) is 1. The Balaban J connectivity index is 2.17. The number of fused-ring (bicyclic) bond motifs is 1. The minimum atomic E-state index is -1.66. The Morgan fingerprint density at radius 2 is 1.86 bits per heavy atom. The number of hydrogen-bond donors (Lipinski definition) is 1. The van der Waals surface area contributed by atoms with Crippen molar-refractivity contribution in [2.45, 2.75) is 19.8 Å². The van der Waals surface area contributed by atoms with E-state index >= 15 is 0 Å². The number of rotatable bonds is 4. The van der Waals surface area contributed by atoms with Crippen LogP contribution in [-0.2, 0) is 0 Å². The molecule has 1 saturated carbocycles. The number of hydrogen-bond acceptors (Lipinski definition) is 6. The van der Waals surface area contributed by atoms with Gasteiger partial charge in [0.25, 0.3) is 0 Å². The second-order valence-corrected chi connectivity index (χ2v) is 7.15. The van der Waals surface area contributed by atoms with Gasteiger partial charge in [0.1, 0.15) is 11.7 Å². The molecule has 6 nitrogen and oxygen atoms in total. The summed E-state index contributed by atoms with van der Waals surface area (Å²) in [6.07, 6.45) is 2.01. The largest absolute Gasteiger partial charge is 0.494 e. The molecule has 0 bridgehead atoms. The van der Waals surface area contributed by atoms with Gasteiger partial charge in [-0.1, -0.05) is 25.1 Å². The van der Waals surface area contributed by atoms with Crippen molar-refractivity contribution in [3.63, 3.8) is 0 Å². The molecular formula is C22H23N5O. The molecule has 28 heavy (non-hydrogen) atoms. The van der Waals surface area contributed by atoms with Crippen LogP contribution in [0.3, 0.4) is 0 Å². The Morgan fingerprint density at radius 3 is 2.39 bits per heavy atom. The molecule has 1 N–H and O–H groups in total. The van der Waals surface area contributed by atoms with Crippen LogP contribution in [-0.4, -0.2) is 36.9 Å². The van der Waals surface area contributed by atoms with Crippen LogP contribution in [0.25, 0.3) is 0 Å². The highest BCUT2D eigenvalue weighted by Gasteiger charge is 2.57. The van der Waals surface area contributed by atoms with E-state index in [4.69, 9.17) is 10.1 Å². The third kappa shape index (κ3) is 2.95. The topological polar surface area (TPSA) is 108 Å². The number of nitriles is 3. The third-order valence-electron chi connectivity index (χ3n) is 5.86. The molecule has 1 aromatic carbocycles. The maximum Gasteiger partial charge on any atom is 0.189 e. The molecule has 1 fully saturated rings. The summed E-state index contributed by atoms with van der Waals surface area (Å²) >= 11 is 0. The minimum absolute atomic E-state index is 0.105. The van der Waals surface area contributed by atoms with E-state index in [0.29, 0.717) is 13.2 Å². The van der Waals surface area contributed by atoms with E-state index in [1.165, 1.54) is 0 Å². The highest BCUT2D eigenvalue weighted by atomic mass is 16.5. The molecule has 1 aromatic rings. The molecule has 6 heteroatoms. The smallest absolute Gasteiger partial charge is 0.189 e. The average molecular weight is 373 g/mol. The molecule has 3 atom stereocenters. The van der Waals surface area contributed by atoms with Crippen molar-refractivity contribution < 1.29 is 4.74 Å². The van der Waals surface area contributed by atoms with Gasteiger partial charge in [0.15, 0.2) is 5.41 Å². The molecule has 0 amide bonds. The maximum absolute atomic E-state index is 10.0. The summed E-state index contributed by atoms with van der Waals surface area (Å²) < 4.78 is 5.51. The van der Waals surface area contributed by atoms with Crippen molar-refractivity contribution >= 4 is 5.71 Å². The van der Waals surface area contributed by atoms with E-state index in [-0.39, 0.29) is 11.6 Å². The Kier molecular flexibility index (Phi) is 5.50. The van der Waals surface area contributed by atoms with E-state index in [0.717, 1.165) is 30.0 Å². The number of benzene rings is 1. The van der Waals surface area contributed by atoms with Gasteiger partial charge in [0, 0.05) is 24.9 Å². The zero-order valence-electron chi connectivity index (χ0n) is 16.1. The molecule has 1 unspecified atom stereocenters. The van der Waals surface area contributed by atoms with Crippen molar-refractivity contribution in [2.75, 3.05) is 26.2 Å². The van der Waals surface area contributed by atoms with Crippen LogP contribution in [0.5, 0.6) is 5.75 Å². The summed E-state index contributed by atoms with van der Waals surface area (Å²) in [5.74, 6) is -0.760. The molecule has 1 aliphatic carbocycles. The molecular weight excluding hydrogens is 350 g/mol. The first kappa shape index (κ1) is 19.6. The fraction of sp³-hybridized carbons (Fsp3) is 0.455. The predicted molar refractivity (Wildman–Crippen MR) is 105 cm³/mol. The number of likely N-dealkylation sites (N-methyl/N-ethyl adjacent to an activating group) is 1. The van der Waals surface area contributed by atoms with E-state index in [2.05, 4.69) is 30.0 Å². The summed E-state index contributed by atoms with van der Waals surface area (Å²) in [5, 5.41) is 38.4. The average Bonchev–Trinajstić information content (AvgIpc) is 2.73. The van der Waals surface area contributed by atoms with Gasteiger partial charge in [0.2, 0.25) is 0 Å². The summed E-state index contributed by atoms with van der Waals surface area (Å²) in [4.78, 5) is 2.23. The highest BCUT2D eigenvalue weighted by Crippen LogP contribution is 2.53. The van der Waals surface area contributed by atoms with Crippen molar-refractivity contribution in [1.29, 1.82) is 21.2 Å². The van der Waals surface area contributed by atoms with Crippen molar-refractivity contribution in [3.05, 3.63) is 41.5 Å². The molecule has 1 aliphatic heterocycles. The predicted octanol–water partition coefficient (Wildman–Crippen LogP) is 3.25. The first-order valence-corrected chi connectivity index (χ1v) is 9.52. The van der Waals surface area contributed by atoms with Gasteiger partial charge in [-0.2, -0.15) is 15.8 Å². The summed E-state index contributed by atoms with van der Waals surface area (Å²) in [6.45, 7) is 6.76. The Labute approximate surface area is 165 Å². The second-order valence-electron chi connectivity index (χ2n) is 7.15. The van der Waals surface area contributed by atoms with Gasteiger partial charge in [-0.25, -0.2) is 0 Å². The van der Waals surface area contributed by atoms with E-state index in [1.807, 2.05) is 37.3 Å². The molecule has 0 aromatic heterocycles. The lowest BCUT2D eigenvalue weighted by molar-refractivity contribution is 0.211. The summed E-state index contributed by atoms with van der Waals surface area (Å²) in [6, 6.07) is 13.8. The third-order valence-corrected chi connectivity index (χ3v) is 5.86. The lowest BCUT2D eigenvalue weighted by Crippen LogP contribution is -2.52. The van der Waals surface area contributed by atoms with Gasteiger partial charge in [-0.3, -0.25) is 4.90 Å². The SMILES string of the molecule is CCOc1ccc([C@H]2[C@H]3CN(CC)CC=C3C(C#N)C(=N)C2(C#N)C#N)cc1. The monoisotopic (exact) mass is 373 g/mol. The van der Waals surface area contributed by atoms with E-state index < -0.39 is 17.3 Å². The van der Waals surface area contributed by atoms with Crippen molar-refractivity contribution in [3.8, 4) is 24.0 Å². The first-order valence-electron chi connectivity index (χ1n) is 9.52. The molecule has 0 spiro atoms. The van der Waals surface area contributed by atoms with Gasteiger partial charge >= 0.3 is 0 Å². The normalized spacial score (nSPS) is 26.2. The van der Waals surface area contributed by atoms with Crippen LogP contribution in [0, 0.1) is 56.7 Å². The van der Waals surface area contributed by atoms with E-state index in [9.17, 15) is 15.8 Å². The molecule has 142 valence electrons. The van der Waals surface area contributed by atoms with Crippen LogP contribution in [0.2, 0.25) is 0 Å². The lowest BCUT2D eigenvalue weighted by atomic mass is 9.54. The van der Waals surface area contributed by atoms with E-state index in [1.54, 1.807) is 0 Å². The lowest BCUT2D eigenvalue weighted by Gasteiger charge is -2.47. The Morgan fingerprint density at radius 1 is 1.18 bits per heavy atom. The van der Waals surface area contributed by atoms with Crippen LogP contribution >= 0.6 is 0 Å². The number of nitrogens with zero attached hydrogens (tertiary/aromatic N) is 4. The Bertz CT molecular complexity index is 898. The second kappa shape index (κ2) is 7.85. The molecule has 0 radical (unpaired) electrons. The van der Waals surface area contributed by atoms with Crippen molar-refractivity contribution in [1.82, 2.24) is 4.90 Å². The van der Waals surface area contributed by atoms with Crippen LogP contribution in [0.1, 0.15) is 25.3 Å². The van der Waals surface area contributed by atoms with Gasteiger partial charge < -0.3 is 10.1 Å². The first-order chi connectivity index (χ1) is 13.6. The molecule has 2 aliphatic rings. The fourth-order valence-corrected chi connectivity index (χ4v) is 4.44. The molecule has 0 saturated heterocycles. The fourth-order valence-electron chi connectivity index (χ4n) is 4.44. The van der Waals surface area contributed by atoms with Gasteiger partial charge in [0.05, 0.1) is 30.5 Å². The quantitative estimate of drug-likeness (QED) is 0.815. The van der Waals surface area contributed by atoms with Crippen LogP contribution < -0.4 is 4.74 Å². The highest BCUT2D eigenvalue weighted by molar-refractivity contribution is 6.00. The minimum Gasteiger partial charge on any atom is -0.494 e. The standard InChI is InChI=1S/C22H23N5O/c1-3-27-10-9-17-18(11-23)21(26)22(13-24,14-25)20(19(17)12-27)15-5-7-16(8-6-15)28-4-2/h5-9,18-20,26H,3-4,10,12H2,1-2H3/t18?,19-,20-/m0/s1. The summed E-state index contributed by atoms with van der Waals surface area (Å²) in [7, 11) is 0. The number of nitrogens with one attached hydrogen (secondary N) is 1.